The van der Waals surface area contributed by atoms with Gasteiger partial charge >= 0.3 is 0 Å². The quantitative estimate of drug-likeness (QED) is 0.635. The minimum absolute atomic E-state index is 0.0657. The van der Waals surface area contributed by atoms with Crippen LogP contribution in [0, 0.1) is 0 Å². The van der Waals surface area contributed by atoms with E-state index in [0.29, 0.717) is 23.9 Å². The van der Waals surface area contributed by atoms with Gasteiger partial charge in [-0.1, -0.05) is 0 Å². The lowest BCUT2D eigenvalue weighted by Gasteiger charge is -2.17. The first-order valence-corrected chi connectivity index (χ1v) is 9.98. The monoisotopic (exact) mass is 411 g/mol. The van der Waals surface area contributed by atoms with Crippen LogP contribution < -0.4 is 19.6 Å². The van der Waals surface area contributed by atoms with Gasteiger partial charge in [-0.05, 0) is 50.2 Å². The molecule has 7 heteroatoms. The summed E-state index contributed by atoms with van der Waals surface area (Å²) in [6, 6.07) is 10.2. The van der Waals surface area contributed by atoms with Gasteiger partial charge in [0.05, 0.1) is 14.2 Å². The predicted octanol–water partition coefficient (Wildman–Crippen LogP) is 3.66. The highest BCUT2D eigenvalue weighted by Gasteiger charge is 2.20. The first-order chi connectivity index (χ1) is 14.6. The summed E-state index contributed by atoms with van der Waals surface area (Å²) in [4.78, 5) is 15.1. The molecule has 30 heavy (non-hydrogen) atoms. The maximum absolute atomic E-state index is 12.7. The van der Waals surface area contributed by atoms with Crippen LogP contribution in [-0.4, -0.2) is 50.5 Å². The molecule has 0 bridgehead atoms. The second-order valence-electron chi connectivity index (χ2n) is 7.23. The zero-order chi connectivity index (χ0) is 21.1. The fourth-order valence-corrected chi connectivity index (χ4v) is 3.75. The van der Waals surface area contributed by atoms with Gasteiger partial charge < -0.3 is 23.7 Å². The maximum atomic E-state index is 12.7. The zero-order valence-electron chi connectivity index (χ0n) is 17.1. The summed E-state index contributed by atoms with van der Waals surface area (Å²) in [5, 5.41) is 10.7. The van der Waals surface area contributed by atoms with Crippen LogP contribution in [0.25, 0.3) is 22.3 Å². The van der Waals surface area contributed by atoms with E-state index in [1.807, 2.05) is 0 Å². The summed E-state index contributed by atoms with van der Waals surface area (Å²) in [5.41, 5.74) is 0.603. The average Bonchev–Trinajstić information content (AvgIpc) is 3.27. The molecule has 2 aromatic carbocycles. The third-order valence-corrected chi connectivity index (χ3v) is 5.36. The molecule has 1 aromatic heterocycles. The van der Waals surface area contributed by atoms with Gasteiger partial charge in [-0.3, -0.25) is 9.69 Å². The van der Waals surface area contributed by atoms with E-state index in [2.05, 4.69) is 4.90 Å². The van der Waals surface area contributed by atoms with Crippen molar-refractivity contribution >= 4 is 11.0 Å². The van der Waals surface area contributed by atoms with Crippen molar-refractivity contribution in [2.24, 2.45) is 0 Å². The van der Waals surface area contributed by atoms with Gasteiger partial charge in [-0.2, -0.15) is 0 Å². The molecule has 7 nitrogen and oxygen atoms in total. The van der Waals surface area contributed by atoms with E-state index < -0.39 is 0 Å². The van der Waals surface area contributed by atoms with Crippen LogP contribution >= 0.6 is 0 Å². The molecule has 158 valence electrons. The normalized spacial score (nSPS) is 14.2. The molecular formula is C23H25NO6. The van der Waals surface area contributed by atoms with E-state index in [4.69, 9.17) is 18.6 Å². The lowest BCUT2D eigenvalue weighted by Crippen LogP contribution is -2.25. The highest BCUT2D eigenvalue weighted by Crippen LogP contribution is 2.42. The molecular weight excluding hydrogens is 386 g/mol. The Labute approximate surface area is 174 Å². The number of nitrogens with zero attached hydrogens (tertiary/aromatic N) is 1. The number of ether oxygens (including phenoxy) is 3. The highest BCUT2D eigenvalue weighted by molar-refractivity contribution is 5.89. The van der Waals surface area contributed by atoms with E-state index in [0.717, 1.165) is 25.2 Å². The van der Waals surface area contributed by atoms with Crippen LogP contribution in [0.1, 0.15) is 12.8 Å². The molecule has 4 rings (SSSR count). The predicted molar refractivity (Wildman–Crippen MR) is 114 cm³/mol. The Morgan fingerprint density at radius 1 is 1.07 bits per heavy atom. The minimum atomic E-state index is -0.360. The van der Waals surface area contributed by atoms with Crippen LogP contribution in [0.4, 0.5) is 0 Å². The number of hydrogen-bond donors (Lipinski definition) is 1. The minimum Gasteiger partial charge on any atom is -0.504 e. The van der Waals surface area contributed by atoms with Gasteiger partial charge in [-0.15, -0.1) is 0 Å². The summed E-state index contributed by atoms with van der Waals surface area (Å²) in [5.74, 6) is 1.30. The molecule has 0 atom stereocenters. The van der Waals surface area contributed by atoms with Gasteiger partial charge in [0.15, 0.2) is 16.9 Å². The number of fused-ring (bicyclic) bond motifs is 1. The number of hydrogen-bond acceptors (Lipinski definition) is 7. The van der Waals surface area contributed by atoms with Crippen molar-refractivity contribution < 1.29 is 23.7 Å². The molecule has 0 saturated carbocycles. The molecule has 1 N–H and O–H groups in total. The molecule has 3 aromatic rings. The second-order valence-corrected chi connectivity index (χ2v) is 7.23. The van der Waals surface area contributed by atoms with E-state index in [1.165, 1.54) is 26.0 Å². The molecule has 0 spiro atoms. The zero-order valence-corrected chi connectivity index (χ0v) is 17.1. The first-order valence-electron chi connectivity index (χ1n) is 9.98. The number of likely N-dealkylation sites (tertiary alicyclic amines) is 1. The molecule has 0 amide bonds. The average molecular weight is 411 g/mol. The molecule has 0 unspecified atom stereocenters. The molecule has 0 aliphatic carbocycles. The Balaban J connectivity index is 1.69. The SMILES string of the molecule is COc1ccc(-c2cc(=O)c3c(O)c(OC)c(OCCN4CCCC4)cc3o2)cc1. The van der Waals surface area contributed by atoms with Gasteiger partial charge in [0.2, 0.25) is 5.75 Å². The first kappa shape index (κ1) is 20.1. The highest BCUT2D eigenvalue weighted by atomic mass is 16.5. The van der Waals surface area contributed by atoms with E-state index in [-0.39, 0.29) is 27.9 Å². The smallest absolute Gasteiger partial charge is 0.204 e. The van der Waals surface area contributed by atoms with Gasteiger partial charge in [0, 0.05) is 24.2 Å². The van der Waals surface area contributed by atoms with E-state index >= 15 is 0 Å². The Morgan fingerprint density at radius 3 is 2.47 bits per heavy atom. The lowest BCUT2D eigenvalue weighted by molar-refractivity contribution is 0.228. The summed E-state index contributed by atoms with van der Waals surface area (Å²) < 4.78 is 22.3. The Bertz CT molecular complexity index is 1080. The molecule has 0 radical (unpaired) electrons. The van der Waals surface area contributed by atoms with E-state index in [9.17, 15) is 9.90 Å². The molecule has 1 saturated heterocycles. The summed E-state index contributed by atoms with van der Waals surface area (Å²) >= 11 is 0. The number of methoxy groups -OCH3 is 2. The third kappa shape index (κ3) is 3.93. The number of aromatic hydroxyl groups is 1. The van der Waals surface area contributed by atoms with Gasteiger partial charge in [0.1, 0.15) is 29.1 Å². The van der Waals surface area contributed by atoms with Gasteiger partial charge in [0.25, 0.3) is 0 Å². The van der Waals surface area contributed by atoms with Crippen LogP contribution in [0.5, 0.6) is 23.0 Å². The molecule has 1 aliphatic heterocycles. The van der Waals surface area contributed by atoms with Crippen molar-refractivity contribution in [2.45, 2.75) is 12.8 Å². The lowest BCUT2D eigenvalue weighted by atomic mass is 10.1. The largest absolute Gasteiger partial charge is 0.504 e. The Morgan fingerprint density at radius 2 is 1.80 bits per heavy atom. The molecule has 1 fully saturated rings. The summed E-state index contributed by atoms with van der Waals surface area (Å²) in [7, 11) is 3.02. The maximum Gasteiger partial charge on any atom is 0.204 e. The standard InChI is InChI=1S/C23H25NO6/c1-27-16-7-5-15(6-8-16)18-13-17(25)21-19(30-18)14-20(23(28-2)22(21)26)29-12-11-24-9-3-4-10-24/h5-8,13-14,26H,3-4,9-12H2,1-2H3. The number of rotatable bonds is 7. The van der Waals surface area contributed by atoms with Gasteiger partial charge in [-0.25, -0.2) is 0 Å². The number of phenolic OH excluding ortho intramolecular Hbond substituents is 1. The fourth-order valence-electron chi connectivity index (χ4n) is 3.75. The van der Waals surface area contributed by atoms with Crippen LogP contribution in [0.15, 0.2) is 45.6 Å². The second kappa shape index (κ2) is 8.67. The van der Waals surface area contributed by atoms with E-state index in [1.54, 1.807) is 37.4 Å². The Kier molecular flexibility index (Phi) is 5.81. The Hall–Kier alpha value is -3.19. The van der Waals surface area contributed by atoms with Crippen LogP contribution in [-0.2, 0) is 0 Å². The van der Waals surface area contributed by atoms with Crippen LogP contribution in [0.3, 0.4) is 0 Å². The third-order valence-electron chi connectivity index (χ3n) is 5.36. The summed E-state index contributed by atoms with van der Waals surface area (Å²) in [6.07, 6.45) is 2.42. The number of phenols is 1. The topological polar surface area (TPSA) is 81.4 Å². The fraction of sp³-hybridized carbons (Fsp3) is 0.348. The van der Waals surface area contributed by atoms with Crippen molar-refractivity contribution in [3.63, 3.8) is 0 Å². The molecule has 1 aliphatic rings. The van der Waals surface area contributed by atoms with Crippen molar-refractivity contribution in [1.29, 1.82) is 0 Å². The molecule has 2 heterocycles. The van der Waals surface area contributed by atoms with Crippen molar-refractivity contribution in [1.82, 2.24) is 4.90 Å². The number of benzene rings is 2. The summed E-state index contributed by atoms with van der Waals surface area (Å²) in [6.45, 7) is 3.38. The van der Waals surface area contributed by atoms with Crippen molar-refractivity contribution in [3.8, 4) is 34.3 Å². The van der Waals surface area contributed by atoms with Crippen molar-refractivity contribution in [2.75, 3.05) is 40.5 Å². The van der Waals surface area contributed by atoms with Crippen molar-refractivity contribution in [3.05, 3.63) is 46.6 Å². The van der Waals surface area contributed by atoms with Crippen LogP contribution in [0.2, 0.25) is 0 Å².